The molecule has 3 heteroatoms. The summed E-state index contributed by atoms with van der Waals surface area (Å²) in [4.78, 5) is 15.0. The van der Waals surface area contributed by atoms with Crippen LogP contribution in [0.1, 0.15) is 33.6 Å². The standard InChI is InChI=1S/C10H14N2O.C2H6/c1-7(2)6-9(11-3)12-10(13)8-4-5-8;1-2/h6,8H,1,3-5H2,2H3,(H,12,13);1-2H3/b9-6+;. The highest BCUT2D eigenvalue weighted by Gasteiger charge is 2.29. The minimum atomic E-state index is 0.0416. The second kappa shape index (κ2) is 6.98. The van der Waals surface area contributed by atoms with E-state index < -0.39 is 0 Å². The molecule has 0 aliphatic heterocycles. The van der Waals surface area contributed by atoms with Crippen molar-refractivity contribution < 1.29 is 4.79 Å². The number of aliphatic imine (C=N–C) groups is 1. The van der Waals surface area contributed by atoms with E-state index in [1.54, 1.807) is 6.08 Å². The summed E-state index contributed by atoms with van der Waals surface area (Å²) in [5.41, 5.74) is 0.846. The second-order valence-corrected chi connectivity index (χ2v) is 3.30. The number of carbonyl (C=O) groups excluding carboxylic acids is 1. The van der Waals surface area contributed by atoms with Gasteiger partial charge in [0.15, 0.2) is 0 Å². The maximum absolute atomic E-state index is 11.3. The zero-order valence-electron chi connectivity index (χ0n) is 9.84. The molecule has 0 bridgehead atoms. The van der Waals surface area contributed by atoms with Gasteiger partial charge in [-0.25, -0.2) is 4.99 Å². The fraction of sp³-hybridized carbons (Fsp3) is 0.500. The Morgan fingerprint density at radius 1 is 1.47 bits per heavy atom. The van der Waals surface area contributed by atoms with Crippen LogP contribution < -0.4 is 5.32 Å². The number of amides is 1. The van der Waals surface area contributed by atoms with Gasteiger partial charge in [-0.3, -0.25) is 4.79 Å². The molecule has 1 aliphatic rings. The van der Waals surface area contributed by atoms with Crippen molar-refractivity contribution in [2.24, 2.45) is 10.9 Å². The third-order valence-corrected chi connectivity index (χ3v) is 1.75. The van der Waals surface area contributed by atoms with E-state index in [1.165, 1.54) is 0 Å². The SMILES string of the molecule is C=N/C(=C\C(=C)C)NC(=O)C1CC1.CC. The molecule has 84 valence electrons. The van der Waals surface area contributed by atoms with Gasteiger partial charge in [-0.1, -0.05) is 26.0 Å². The van der Waals surface area contributed by atoms with Crippen LogP contribution in [0, 0.1) is 5.92 Å². The molecule has 0 spiro atoms. The highest BCUT2D eigenvalue weighted by Crippen LogP contribution is 2.29. The van der Waals surface area contributed by atoms with Crippen LogP contribution in [0.3, 0.4) is 0 Å². The molecule has 1 aliphatic carbocycles. The van der Waals surface area contributed by atoms with Crippen molar-refractivity contribution in [2.75, 3.05) is 0 Å². The molecule has 0 radical (unpaired) electrons. The molecule has 1 N–H and O–H groups in total. The predicted molar refractivity (Wildman–Crippen MR) is 64.7 cm³/mol. The molecule has 3 nitrogen and oxygen atoms in total. The number of carbonyl (C=O) groups is 1. The summed E-state index contributed by atoms with van der Waals surface area (Å²) < 4.78 is 0. The van der Waals surface area contributed by atoms with Crippen molar-refractivity contribution in [1.29, 1.82) is 0 Å². The quantitative estimate of drug-likeness (QED) is 0.560. The Morgan fingerprint density at radius 2 is 2.00 bits per heavy atom. The van der Waals surface area contributed by atoms with Crippen molar-refractivity contribution in [2.45, 2.75) is 33.6 Å². The van der Waals surface area contributed by atoms with Crippen LogP contribution in [0.15, 0.2) is 29.0 Å². The number of hydrogen-bond donors (Lipinski definition) is 1. The lowest BCUT2D eigenvalue weighted by molar-refractivity contribution is -0.121. The molecule has 0 saturated heterocycles. The van der Waals surface area contributed by atoms with Crippen LogP contribution in [-0.2, 0) is 4.79 Å². The molecular formula is C12H20N2O. The van der Waals surface area contributed by atoms with Gasteiger partial charge in [0.2, 0.25) is 5.91 Å². The Hall–Kier alpha value is -1.38. The van der Waals surface area contributed by atoms with E-state index in [4.69, 9.17) is 0 Å². The molecule has 1 fully saturated rings. The topological polar surface area (TPSA) is 41.5 Å². The Bertz CT molecular complexity index is 275. The number of nitrogens with one attached hydrogen (secondary N) is 1. The highest BCUT2D eigenvalue weighted by atomic mass is 16.2. The maximum Gasteiger partial charge on any atom is 0.228 e. The molecule has 1 rings (SSSR count). The molecule has 0 atom stereocenters. The molecule has 0 unspecified atom stereocenters. The van der Waals surface area contributed by atoms with Crippen molar-refractivity contribution in [3.05, 3.63) is 24.0 Å². The highest BCUT2D eigenvalue weighted by molar-refractivity contribution is 5.82. The summed E-state index contributed by atoms with van der Waals surface area (Å²) in [5, 5.41) is 2.69. The lowest BCUT2D eigenvalue weighted by atomic mass is 10.3. The number of hydrogen-bond acceptors (Lipinski definition) is 2. The normalized spacial score (nSPS) is 14.7. The van der Waals surface area contributed by atoms with Crippen LogP contribution in [0.2, 0.25) is 0 Å². The predicted octanol–water partition coefficient (Wildman–Crippen LogP) is 2.66. The maximum atomic E-state index is 11.3. The van der Waals surface area contributed by atoms with Gasteiger partial charge in [0.25, 0.3) is 0 Å². The van der Waals surface area contributed by atoms with Gasteiger partial charge in [-0.15, -0.1) is 0 Å². The number of allylic oxidation sites excluding steroid dienone is 2. The summed E-state index contributed by atoms with van der Waals surface area (Å²) >= 11 is 0. The Balaban J connectivity index is 0.000000921. The molecule has 0 heterocycles. The van der Waals surface area contributed by atoms with Gasteiger partial charge in [0.05, 0.1) is 0 Å². The number of nitrogens with zero attached hydrogens (tertiary/aromatic N) is 1. The molecule has 15 heavy (non-hydrogen) atoms. The van der Waals surface area contributed by atoms with E-state index in [1.807, 2.05) is 20.8 Å². The summed E-state index contributed by atoms with van der Waals surface area (Å²) in [7, 11) is 0. The fourth-order valence-electron chi connectivity index (χ4n) is 0.928. The van der Waals surface area contributed by atoms with Crippen molar-refractivity contribution in [3.63, 3.8) is 0 Å². The van der Waals surface area contributed by atoms with Gasteiger partial charge < -0.3 is 5.32 Å². The fourth-order valence-corrected chi connectivity index (χ4v) is 0.928. The lowest BCUT2D eigenvalue weighted by Crippen LogP contribution is -2.23. The number of rotatable bonds is 4. The van der Waals surface area contributed by atoms with E-state index in [9.17, 15) is 4.79 Å². The zero-order chi connectivity index (χ0) is 11.8. The second-order valence-electron chi connectivity index (χ2n) is 3.30. The molecular weight excluding hydrogens is 188 g/mol. The average Bonchev–Trinajstić information content (AvgIpc) is 3.02. The third kappa shape index (κ3) is 5.83. The first-order valence-electron chi connectivity index (χ1n) is 5.28. The van der Waals surface area contributed by atoms with E-state index in [0.29, 0.717) is 5.82 Å². The van der Waals surface area contributed by atoms with Crippen LogP contribution in [0.25, 0.3) is 0 Å². The van der Waals surface area contributed by atoms with Gasteiger partial charge >= 0.3 is 0 Å². The zero-order valence-corrected chi connectivity index (χ0v) is 9.84. The van der Waals surface area contributed by atoms with E-state index in [0.717, 1.165) is 18.4 Å². The van der Waals surface area contributed by atoms with Crippen LogP contribution >= 0.6 is 0 Å². The first-order chi connectivity index (χ1) is 7.13. The molecule has 0 aromatic carbocycles. The smallest absolute Gasteiger partial charge is 0.228 e. The van der Waals surface area contributed by atoms with E-state index in [2.05, 4.69) is 23.6 Å². The van der Waals surface area contributed by atoms with E-state index >= 15 is 0 Å². The lowest BCUT2D eigenvalue weighted by Gasteiger charge is -2.03. The van der Waals surface area contributed by atoms with Gasteiger partial charge in [-0.2, -0.15) is 0 Å². The summed E-state index contributed by atoms with van der Waals surface area (Å²) in [5.74, 6) is 0.722. The first-order valence-corrected chi connectivity index (χ1v) is 5.28. The molecule has 1 saturated carbocycles. The molecule has 1 amide bonds. The van der Waals surface area contributed by atoms with Crippen LogP contribution in [-0.4, -0.2) is 12.6 Å². The van der Waals surface area contributed by atoms with Crippen molar-refractivity contribution >= 4 is 12.6 Å². The Kier molecular flexibility index (Phi) is 6.34. The van der Waals surface area contributed by atoms with Gasteiger partial charge in [0.1, 0.15) is 5.82 Å². The van der Waals surface area contributed by atoms with Gasteiger partial charge in [-0.05, 0) is 32.6 Å². The monoisotopic (exact) mass is 208 g/mol. The summed E-state index contributed by atoms with van der Waals surface area (Å²) in [6.07, 6.45) is 3.68. The van der Waals surface area contributed by atoms with Gasteiger partial charge in [0, 0.05) is 5.92 Å². The summed E-state index contributed by atoms with van der Waals surface area (Å²) in [6.45, 7) is 12.9. The first kappa shape index (κ1) is 13.6. The minimum Gasteiger partial charge on any atom is -0.310 e. The average molecular weight is 208 g/mol. The van der Waals surface area contributed by atoms with Crippen molar-refractivity contribution in [3.8, 4) is 0 Å². The Morgan fingerprint density at radius 3 is 2.33 bits per heavy atom. The molecule has 0 aromatic rings. The third-order valence-electron chi connectivity index (χ3n) is 1.75. The van der Waals surface area contributed by atoms with E-state index in [-0.39, 0.29) is 11.8 Å². The largest absolute Gasteiger partial charge is 0.310 e. The van der Waals surface area contributed by atoms with Crippen molar-refractivity contribution in [1.82, 2.24) is 5.32 Å². The Labute approximate surface area is 92.0 Å². The molecule has 0 aromatic heterocycles. The van der Waals surface area contributed by atoms with Crippen LogP contribution in [0.5, 0.6) is 0 Å². The van der Waals surface area contributed by atoms with Crippen LogP contribution in [0.4, 0.5) is 0 Å². The minimum absolute atomic E-state index is 0.0416. The summed E-state index contributed by atoms with van der Waals surface area (Å²) in [6, 6.07) is 0.